The largest absolute Gasteiger partial charge is 0.490 e. The van der Waals surface area contributed by atoms with Gasteiger partial charge in [-0.15, -0.1) is 0 Å². The maximum atomic E-state index is 12.2. The molecule has 1 atom stereocenters. The van der Waals surface area contributed by atoms with E-state index in [9.17, 15) is 14.7 Å². The number of aromatic carboxylic acids is 1. The molecule has 1 aromatic heterocycles. The Hall–Kier alpha value is -3.36. The molecule has 0 aliphatic heterocycles. The molecule has 0 radical (unpaired) electrons. The summed E-state index contributed by atoms with van der Waals surface area (Å²) in [5.41, 5.74) is 0.532. The van der Waals surface area contributed by atoms with Crippen molar-refractivity contribution in [2.24, 2.45) is 0 Å². The number of carboxylic acids is 1. The maximum absolute atomic E-state index is 12.2. The molecule has 0 spiro atoms. The second kappa shape index (κ2) is 8.55. The molecule has 28 heavy (non-hydrogen) atoms. The van der Waals surface area contributed by atoms with E-state index >= 15 is 0 Å². The summed E-state index contributed by atoms with van der Waals surface area (Å²) in [5, 5.41) is 19.1. The molecular weight excluding hydrogens is 368 g/mol. The fourth-order valence-corrected chi connectivity index (χ4v) is 2.49. The molecule has 0 saturated heterocycles. The molecule has 3 aromatic rings. The molecule has 1 unspecified atom stereocenters. The lowest BCUT2D eigenvalue weighted by atomic mass is 10.2. The van der Waals surface area contributed by atoms with E-state index in [4.69, 9.17) is 24.0 Å². The van der Waals surface area contributed by atoms with Gasteiger partial charge in [-0.25, -0.2) is 4.79 Å². The van der Waals surface area contributed by atoms with Crippen LogP contribution in [0, 0.1) is 6.92 Å². The van der Waals surface area contributed by atoms with Crippen molar-refractivity contribution < 1.29 is 33.9 Å². The third-order valence-electron chi connectivity index (χ3n) is 3.76. The summed E-state index contributed by atoms with van der Waals surface area (Å²) < 4.78 is 10.7. The lowest BCUT2D eigenvalue weighted by Gasteiger charge is -2.13. The van der Waals surface area contributed by atoms with E-state index in [0.29, 0.717) is 5.75 Å². The van der Waals surface area contributed by atoms with Crippen LogP contribution >= 0.6 is 0 Å². The fourth-order valence-electron chi connectivity index (χ4n) is 2.49. The molecule has 2 N–H and O–H groups in total. The van der Waals surface area contributed by atoms with Gasteiger partial charge in [0.15, 0.2) is 11.2 Å². The van der Waals surface area contributed by atoms with Crippen LogP contribution in [0.4, 0.5) is 0 Å². The van der Waals surface area contributed by atoms with Crippen molar-refractivity contribution in [3.05, 3.63) is 70.1 Å². The van der Waals surface area contributed by atoms with Crippen LogP contribution in [-0.4, -0.2) is 35.5 Å². The number of carbonyl (C=O) groups is 1. The van der Waals surface area contributed by atoms with Crippen molar-refractivity contribution in [1.82, 2.24) is 0 Å². The Morgan fingerprint density at radius 2 is 1.93 bits per heavy atom. The molecule has 0 bridgehead atoms. The fraction of sp³-hybridized carbons (Fsp3) is 0.200. The van der Waals surface area contributed by atoms with Gasteiger partial charge < -0.3 is 24.3 Å². The number of benzene rings is 2. The molecule has 0 fully saturated rings. The number of aliphatic hydroxyl groups is 1. The Morgan fingerprint density at radius 3 is 2.68 bits per heavy atom. The Morgan fingerprint density at radius 1 is 1.14 bits per heavy atom. The third-order valence-corrected chi connectivity index (χ3v) is 3.76. The van der Waals surface area contributed by atoms with Gasteiger partial charge in [-0.3, -0.25) is 4.79 Å². The first kappa shape index (κ1) is 19.4. The molecule has 0 amide bonds. The SMILES string of the molecule is Cc1cccc(OOCC(O)COc2cccc3oc(C(=O)O)cc(=O)c23)c1. The van der Waals surface area contributed by atoms with Gasteiger partial charge in [-0.1, -0.05) is 18.2 Å². The Kier molecular flexibility index (Phi) is 5.93. The normalized spacial score (nSPS) is 11.9. The highest BCUT2D eigenvalue weighted by atomic mass is 17.2. The van der Waals surface area contributed by atoms with Crippen molar-refractivity contribution in [3.63, 3.8) is 0 Å². The van der Waals surface area contributed by atoms with E-state index < -0.39 is 23.3 Å². The van der Waals surface area contributed by atoms with Gasteiger partial charge in [0.2, 0.25) is 5.76 Å². The average molecular weight is 386 g/mol. The summed E-state index contributed by atoms with van der Waals surface area (Å²) in [6.45, 7) is 1.59. The number of aryl methyl sites for hydroxylation is 1. The van der Waals surface area contributed by atoms with Gasteiger partial charge in [0, 0.05) is 6.07 Å². The Bertz CT molecular complexity index is 1040. The zero-order valence-corrected chi connectivity index (χ0v) is 15.0. The van der Waals surface area contributed by atoms with E-state index in [2.05, 4.69) is 0 Å². The van der Waals surface area contributed by atoms with Gasteiger partial charge in [-0.05, 0) is 36.8 Å². The zero-order chi connectivity index (χ0) is 20.1. The molecule has 0 aliphatic rings. The van der Waals surface area contributed by atoms with Crippen LogP contribution in [0.1, 0.15) is 16.1 Å². The van der Waals surface area contributed by atoms with Crippen molar-refractivity contribution in [1.29, 1.82) is 0 Å². The van der Waals surface area contributed by atoms with Crippen LogP contribution in [0.15, 0.2) is 57.7 Å². The minimum Gasteiger partial charge on any atom is -0.490 e. The number of aliphatic hydroxyl groups excluding tert-OH is 1. The van der Waals surface area contributed by atoms with Gasteiger partial charge >= 0.3 is 5.97 Å². The molecule has 1 heterocycles. The zero-order valence-electron chi connectivity index (χ0n) is 15.0. The standard InChI is InChI=1S/C20H18O8/c1-12-4-2-5-14(8-12)28-26-11-13(21)10-25-16-6-3-7-17-19(16)15(22)9-18(27-17)20(23)24/h2-9,13,21H,10-11H2,1H3,(H,23,24). The number of rotatable bonds is 8. The number of ether oxygens (including phenoxy) is 1. The van der Waals surface area contributed by atoms with Crippen molar-refractivity contribution in [2.45, 2.75) is 13.0 Å². The predicted octanol–water partition coefficient (Wildman–Crippen LogP) is 2.55. The lowest BCUT2D eigenvalue weighted by molar-refractivity contribution is -0.225. The summed E-state index contributed by atoms with van der Waals surface area (Å²) >= 11 is 0. The van der Waals surface area contributed by atoms with Crippen LogP contribution in [0.5, 0.6) is 11.5 Å². The second-order valence-corrected chi connectivity index (χ2v) is 6.06. The molecule has 0 saturated carbocycles. The van der Waals surface area contributed by atoms with Crippen LogP contribution in [0.2, 0.25) is 0 Å². The van der Waals surface area contributed by atoms with Gasteiger partial charge in [0.25, 0.3) is 0 Å². The summed E-state index contributed by atoms with van der Waals surface area (Å²) in [7, 11) is 0. The highest BCUT2D eigenvalue weighted by molar-refractivity contribution is 5.89. The topological polar surface area (TPSA) is 115 Å². The van der Waals surface area contributed by atoms with E-state index in [1.54, 1.807) is 18.2 Å². The molecule has 8 heteroatoms. The maximum Gasteiger partial charge on any atom is 0.371 e. The van der Waals surface area contributed by atoms with Crippen molar-refractivity contribution in [3.8, 4) is 11.5 Å². The van der Waals surface area contributed by atoms with E-state index in [-0.39, 0.29) is 29.9 Å². The summed E-state index contributed by atoms with van der Waals surface area (Å²) in [6, 6.07) is 12.6. The summed E-state index contributed by atoms with van der Waals surface area (Å²) in [6.07, 6.45) is -1.02. The quantitative estimate of drug-likeness (QED) is 0.448. The minimum absolute atomic E-state index is 0.0796. The molecule has 2 aromatic carbocycles. The first-order valence-corrected chi connectivity index (χ1v) is 8.41. The van der Waals surface area contributed by atoms with Crippen LogP contribution in [-0.2, 0) is 4.89 Å². The predicted molar refractivity (Wildman–Crippen MR) is 98.7 cm³/mol. The minimum atomic E-state index is -1.34. The first-order chi connectivity index (χ1) is 13.4. The first-order valence-electron chi connectivity index (χ1n) is 8.41. The molecular formula is C20H18O8. The van der Waals surface area contributed by atoms with Gasteiger partial charge in [-0.2, -0.15) is 4.89 Å². The Balaban J connectivity index is 1.61. The second-order valence-electron chi connectivity index (χ2n) is 6.06. The third kappa shape index (κ3) is 4.67. The molecule has 3 rings (SSSR count). The van der Waals surface area contributed by atoms with Gasteiger partial charge in [0.05, 0.1) is 0 Å². The van der Waals surface area contributed by atoms with Crippen LogP contribution in [0.25, 0.3) is 11.0 Å². The van der Waals surface area contributed by atoms with E-state index in [0.717, 1.165) is 11.6 Å². The number of hydrogen-bond acceptors (Lipinski definition) is 7. The number of hydrogen-bond donors (Lipinski definition) is 2. The lowest BCUT2D eigenvalue weighted by Crippen LogP contribution is -2.24. The molecule has 146 valence electrons. The highest BCUT2D eigenvalue weighted by Crippen LogP contribution is 2.23. The summed E-state index contributed by atoms with van der Waals surface area (Å²) in [4.78, 5) is 33.3. The highest BCUT2D eigenvalue weighted by Gasteiger charge is 2.15. The number of carboxylic acid groups (broad SMARTS) is 1. The monoisotopic (exact) mass is 386 g/mol. The van der Waals surface area contributed by atoms with Crippen LogP contribution < -0.4 is 15.1 Å². The van der Waals surface area contributed by atoms with Gasteiger partial charge in [0.1, 0.15) is 36.0 Å². The number of fused-ring (bicyclic) bond motifs is 1. The molecule has 0 aliphatic carbocycles. The van der Waals surface area contributed by atoms with Crippen molar-refractivity contribution >= 4 is 16.9 Å². The summed E-state index contributed by atoms with van der Waals surface area (Å²) in [5.74, 6) is -1.13. The molecule has 8 nitrogen and oxygen atoms in total. The van der Waals surface area contributed by atoms with E-state index in [1.165, 1.54) is 12.1 Å². The average Bonchev–Trinajstić information content (AvgIpc) is 2.66. The Labute approximate surface area is 159 Å². The van der Waals surface area contributed by atoms with E-state index in [1.807, 2.05) is 19.1 Å². The van der Waals surface area contributed by atoms with Crippen molar-refractivity contribution in [2.75, 3.05) is 13.2 Å². The van der Waals surface area contributed by atoms with Crippen LogP contribution in [0.3, 0.4) is 0 Å². The smallest absolute Gasteiger partial charge is 0.371 e.